The van der Waals surface area contributed by atoms with Gasteiger partial charge in [0.1, 0.15) is 0 Å². The Balaban J connectivity index is 0.00000144. The molecule has 13 heavy (non-hydrogen) atoms. The molecule has 0 saturated carbocycles. The minimum absolute atomic E-state index is 0. The summed E-state index contributed by atoms with van der Waals surface area (Å²) in [6, 6.07) is 6.94. The summed E-state index contributed by atoms with van der Waals surface area (Å²) in [6.45, 7) is 0. The van der Waals surface area contributed by atoms with E-state index >= 15 is 0 Å². The summed E-state index contributed by atoms with van der Waals surface area (Å²) in [5, 5.41) is 0.660. The molecule has 0 unspecified atom stereocenters. The van der Waals surface area contributed by atoms with Crippen molar-refractivity contribution in [2.24, 2.45) is 16.6 Å². The van der Waals surface area contributed by atoms with Crippen LogP contribution in [-0.4, -0.2) is 5.96 Å². The highest BCUT2D eigenvalue weighted by atomic mass is 127. The molecule has 0 amide bonds. The molecule has 1 aromatic rings. The van der Waals surface area contributed by atoms with Gasteiger partial charge in [0.15, 0.2) is 0 Å². The van der Waals surface area contributed by atoms with Gasteiger partial charge in [-0.3, -0.25) is 5.43 Å². The molecule has 0 heterocycles. The fraction of sp³-hybridized carbons (Fsp3) is 0. The van der Waals surface area contributed by atoms with Crippen molar-refractivity contribution < 1.29 is 0 Å². The van der Waals surface area contributed by atoms with E-state index in [-0.39, 0.29) is 29.9 Å². The summed E-state index contributed by atoms with van der Waals surface area (Å²) in [5.41, 5.74) is 8.25. The average molecular weight is 313 g/mol. The number of nitrogens with two attached hydrogens (primary N) is 2. The Labute approximate surface area is 98.3 Å². The monoisotopic (exact) mass is 312 g/mol. The van der Waals surface area contributed by atoms with Crippen LogP contribution in [0.5, 0.6) is 0 Å². The molecular weight excluding hydrogens is 302 g/mol. The van der Waals surface area contributed by atoms with Gasteiger partial charge in [-0.05, 0) is 24.3 Å². The maximum atomic E-state index is 5.66. The second-order valence-electron chi connectivity index (χ2n) is 2.12. The first kappa shape index (κ1) is 12.5. The fourth-order valence-electron chi connectivity index (χ4n) is 0.687. The van der Waals surface area contributed by atoms with Crippen LogP contribution >= 0.6 is 35.6 Å². The highest BCUT2D eigenvalue weighted by molar-refractivity contribution is 14.0. The lowest BCUT2D eigenvalue weighted by Crippen LogP contribution is -2.36. The largest absolute Gasteiger partial charge is 0.369 e. The number of hydrogen-bond acceptors (Lipinski definition) is 2. The molecule has 0 fully saturated rings. The number of guanidine groups is 1. The third kappa shape index (κ3) is 4.30. The van der Waals surface area contributed by atoms with E-state index in [1.54, 1.807) is 24.3 Å². The van der Waals surface area contributed by atoms with Gasteiger partial charge in [0.05, 0.1) is 5.69 Å². The zero-order valence-corrected chi connectivity index (χ0v) is 9.78. The smallest absolute Gasteiger partial charge is 0.208 e. The van der Waals surface area contributed by atoms with Crippen molar-refractivity contribution in [2.45, 2.75) is 0 Å². The Kier molecular flexibility index (Phi) is 5.76. The van der Waals surface area contributed by atoms with E-state index in [0.717, 1.165) is 0 Å². The van der Waals surface area contributed by atoms with E-state index in [1.807, 2.05) is 0 Å². The first-order chi connectivity index (χ1) is 5.72. The van der Waals surface area contributed by atoms with Gasteiger partial charge >= 0.3 is 0 Å². The molecule has 5 N–H and O–H groups in total. The van der Waals surface area contributed by atoms with Crippen molar-refractivity contribution in [3.05, 3.63) is 29.3 Å². The third-order valence-electron chi connectivity index (χ3n) is 1.22. The molecule has 1 aromatic carbocycles. The predicted octanol–water partition coefficient (Wildman–Crippen LogP) is 1.37. The molecule has 0 saturated heterocycles. The summed E-state index contributed by atoms with van der Waals surface area (Å²) in [7, 11) is 0. The van der Waals surface area contributed by atoms with Crippen LogP contribution in [0.2, 0.25) is 5.02 Å². The standard InChI is InChI=1S/C7H9ClN4.HI/c8-5-1-3-6(4-2-5)11-7(9)12-10;/h1-4H,10H2,(H3,9,11,12);1H. The zero-order valence-electron chi connectivity index (χ0n) is 6.70. The van der Waals surface area contributed by atoms with Crippen LogP contribution in [0.25, 0.3) is 0 Å². The van der Waals surface area contributed by atoms with E-state index in [2.05, 4.69) is 10.4 Å². The Bertz CT molecular complexity index is 285. The Morgan fingerprint density at radius 3 is 2.31 bits per heavy atom. The molecule has 0 aliphatic rings. The topological polar surface area (TPSA) is 76.4 Å². The lowest BCUT2D eigenvalue weighted by molar-refractivity contribution is 1.01. The number of halogens is 2. The Hall–Kier alpha value is -0.530. The second kappa shape index (κ2) is 6.01. The van der Waals surface area contributed by atoms with Gasteiger partial charge in [-0.1, -0.05) is 11.6 Å². The molecule has 0 radical (unpaired) electrons. The van der Waals surface area contributed by atoms with Crippen LogP contribution in [0.1, 0.15) is 0 Å². The van der Waals surface area contributed by atoms with Crippen molar-refractivity contribution >= 4 is 47.2 Å². The molecule has 0 atom stereocenters. The van der Waals surface area contributed by atoms with E-state index in [1.165, 1.54) is 0 Å². The molecule has 0 aliphatic heterocycles. The predicted molar refractivity (Wildman–Crippen MR) is 65.5 cm³/mol. The molecule has 72 valence electrons. The van der Waals surface area contributed by atoms with Crippen molar-refractivity contribution in [1.82, 2.24) is 5.43 Å². The van der Waals surface area contributed by atoms with Gasteiger partial charge in [-0.15, -0.1) is 24.0 Å². The molecule has 4 nitrogen and oxygen atoms in total. The first-order valence-electron chi connectivity index (χ1n) is 3.28. The maximum Gasteiger partial charge on any atom is 0.208 e. The molecular formula is C7H10ClIN4. The van der Waals surface area contributed by atoms with Gasteiger partial charge in [0.2, 0.25) is 5.96 Å². The number of benzene rings is 1. The lowest BCUT2D eigenvalue weighted by atomic mass is 10.3. The van der Waals surface area contributed by atoms with Gasteiger partial charge in [-0.25, -0.2) is 10.8 Å². The summed E-state index contributed by atoms with van der Waals surface area (Å²) < 4.78 is 0. The van der Waals surface area contributed by atoms with E-state index in [0.29, 0.717) is 10.7 Å². The summed E-state index contributed by atoms with van der Waals surface area (Å²) in [5.74, 6) is 5.18. The van der Waals surface area contributed by atoms with E-state index in [4.69, 9.17) is 23.2 Å². The summed E-state index contributed by atoms with van der Waals surface area (Å²) in [6.07, 6.45) is 0. The number of hydrogen-bond donors (Lipinski definition) is 3. The number of hydrazine groups is 1. The molecule has 0 aromatic heterocycles. The second-order valence-corrected chi connectivity index (χ2v) is 2.55. The van der Waals surface area contributed by atoms with E-state index in [9.17, 15) is 0 Å². The number of aliphatic imine (C=N–C) groups is 1. The lowest BCUT2D eigenvalue weighted by Gasteiger charge is -1.97. The van der Waals surface area contributed by atoms with Gasteiger partial charge in [0.25, 0.3) is 0 Å². The van der Waals surface area contributed by atoms with Crippen LogP contribution in [0.15, 0.2) is 29.3 Å². The fourth-order valence-corrected chi connectivity index (χ4v) is 0.813. The van der Waals surface area contributed by atoms with Crippen LogP contribution in [0.3, 0.4) is 0 Å². The van der Waals surface area contributed by atoms with Crippen LogP contribution in [-0.2, 0) is 0 Å². The molecule has 6 heteroatoms. The number of nitrogens with one attached hydrogen (secondary N) is 1. The van der Waals surface area contributed by atoms with Gasteiger partial charge < -0.3 is 5.73 Å². The highest BCUT2D eigenvalue weighted by Crippen LogP contribution is 2.15. The first-order valence-corrected chi connectivity index (χ1v) is 3.66. The Morgan fingerprint density at radius 2 is 1.85 bits per heavy atom. The summed E-state index contributed by atoms with van der Waals surface area (Å²) >= 11 is 5.66. The number of rotatable bonds is 1. The van der Waals surface area contributed by atoms with Crippen LogP contribution in [0, 0.1) is 0 Å². The minimum Gasteiger partial charge on any atom is -0.369 e. The Morgan fingerprint density at radius 1 is 1.31 bits per heavy atom. The van der Waals surface area contributed by atoms with Crippen LogP contribution in [0.4, 0.5) is 5.69 Å². The van der Waals surface area contributed by atoms with Crippen molar-refractivity contribution in [3.63, 3.8) is 0 Å². The summed E-state index contributed by atoms with van der Waals surface area (Å²) in [4.78, 5) is 3.92. The molecule has 1 rings (SSSR count). The molecule has 0 aliphatic carbocycles. The SMILES string of the molecule is I.NNC(N)=Nc1ccc(Cl)cc1. The zero-order chi connectivity index (χ0) is 8.97. The van der Waals surface area contributed by atoms with Crippen molar-refractivity contribution in [2.75, 3.05) is 0 Å². The molecule has 0 spiro atoms. The van der Waals surface area contributed by atoms with Crippen LogP contribution < -0.4 is 17.0 Å². The molecule has 0 bridgehead atoms. The normalized spacial score (nSPS) is 10.5. The van der Waals surface area contributed by atoms with E-state index < -0.39 is 0 Å². The van der Waals surface area contributed by atoms with Crippen molar-refractivity contribution in [3.8, 4) is 0 Å². The number of nitrogens with zero attached hydrogens (tertiary/aromatic N) is 1. The maximum absolute atomic E-state index is 5.66. The highest BCUT2D eigenvalue weighted by Gasteiger charge is 1.90. The average Bonchev–Trinajstić information content (AvgIpc) is 2.09. The van der Waals surface area contributed by atoms with Gasteiger partial charge in [0, 0.05) is 5.02 Å². The van der Waals surface area contributed by atoms with Gasteiger partial charge in [-0.2, -0.15) is 0 Å². The van der Waals surface area contributed by atoms with Crippen molar-refractivity contribution in [1.29, 1.82) is 0 Å². The third-order valence-corrected chi connectivity index (χ3v) is 1.48. The minimum atomic E-state index is 0. The quantitative estimate of drug-likeness (QED) is 0.241.